The molecule has 0 aromatic heterocycles. The summed E-state index contributed by atoms with van der Waals surface area (Å²) in [5.41, 5.74) is 1.40. The fraction of sp³-hybridized carbons (Fsp3) is 0.500. The van der Waals surface area contributed by atoms with Crippen LogP contribution in [-0.4, -0.2) is 23.1 Å². The van der Waals surface area contributed by atoms with Gasteiger partial charge in [0.05, 0.1) is 0 Å². The highest BCUT2D eigenvalue weighted by Gasteiger charge is 2.08. The van der Waals surface area contributed by atoms with Crippen LogP contribution < -0.4 is 0 Å². The Labute approximate surface area is 61.5 Å². The zero-order valence-corrected chi connectivity index (χ0v) is 6.30. The second-order valence-corrected chi connectivity index (χ2v) is 2.66. The molecule has 1 rings (SSSR count). The quantitative estimate of drug-likeness (QED) is 0.441. The first kappa shape index (κ1) is 7.19. The third-order valence-electron chi connectivity index (χ3n) is 1.80. The third-order valence-corrected chi connectivity index (χ3v) is 1.80. The summed E-state index contributed by atoms with van der Waals surface area (Å²) >= 11 is 0. The second kappa shape index (κ2) is 2.78. The number of aliphatic hydroxyl groups excluding tert-OH is 1. The zero-order valence-electron chi connectivity index (χ0n) is 6.30. The lowest BCUT2D eigenvalue weighted by atomic mass is 10.1. The van der Waals surface area contributed by atoms with Gasteiger partial charge in [-0.05, 0) is 19.9 Å². The van der Waals surface area contributed by atoms with Crippen LogP contribution in [0.1, 0.15) is 13.3 Å². The lowest BCUT2D eigenvalue weighted by Crippen LogP contribution is -2.27. The molecule has 2 heteroatoms. The molecule has 0 aromatic carbocycles. The van der Waals surface area contributed by atoms with Crippen LogP contribution in [-0.2, 0) is 0 Å². The lowest BCUT2D eigenvalue weighted by molar-refractivity contribution is 0.214. The van der Waals surface area contributed by atoms with Gasteiger partial charge in [0.1, 0.15) is 0 Å². The van der Waals surface area contributed by atoms with E-state index in [1.54, 1.807) is 0 Å². The van der Waals surface area contributed by atoms with E-state index < -0.39 is 0 Å². The van der Waals surface area contributed by atoms with Gasteiger partial charge in [-0.25, -0.2) is 0 Å². The van der Waals surface area contributed by atoms with Crippen molar-refractivity contribution in [1.29, 1.82) is 0 Å². The van der Waals surface area contributed by atoms with Gasteiger partial charge in [-0.2, -0.15) is 0 Å². The summed E-state index contributed by atoms with van der Waals surface area (Å²) in [4.78, 5) is 1.85. The molecule has 0 fully saturated rings. The topological polar surface area (TPSA) is 23.5 Å². The van der Waals surface area contributed by atoms with Gasteiger partial charge in [-0.3, -0.25) is 0 Å². The molecule has 1 aliphatic rings. The van der Waals surface area contributed by atoms with Crippen molar-refractivity contribution in [3.05, 3.63) is 24.1 Å². The Kier molecular flexibility index (Phi) is 2.00. The molecule has 0 aromatic rings. The van der Waals surface area contributed by atoms with Gasteiger partial charge in [0.2, 0.25) is 0 Å². The normalized spacial score (nSPS) is 18.5. The molecule has 0 bridgehead atoms. The van der Waals surface area contributed by atoms with E-state index in [-0.39, 0.29) is 5.88 Å². The highest BCUT2D eigenvalue weighted by atomic mass is 16.3. The van der Waals surface area contributed by atoms with Gasteiger partial charge in [0.25, 0.3) is 0 Å². The maximum atomic E-state index is 8.97. The van der Waals surface area contributed by atoms with Gasteiger partial charge in [0, 0.05) is 13.1 Å². The molecular formula is C8H13NO. The van der Waals surface area contributed by atoms with Crippen molar-refractivity contribution in [2.75, 3.05) is 13.1 Å². The van der Waals surface area contributed by atoms with E-state index in [1.807, 2.05) is 4.90 Å². The summed E-state index contributed by atoms with van der Waals surface area (Å²) in [7, 11) is 0. The summed E-state index contributed by atoms with van der Waals surface area (Å²) in [5, 5.41) is 8.97. The van der Waals surface area contributed by atoms with Crippen LogP contribution in [0, 0.1) is 0 Å². The average Bonchev–Trinajstić information content (AvgIpc) is 1.88. The van der Waals surface area contributed by atoms with Crippen molar-refractivity contribution in [2.24, 2.45) is 0 Å². The Morgan fingerprint density at radius 3 is 2.90 bits per heavy atom. The maximum Gasteiger partial charge on any atom is 0.179 e. The standard InChI is InChI=1S/C8H13NO/c1-7-3-5-9(6-4-7)8(2)10/h3,10H,2,4-6H2,1H3. The fourth-order valence-electron chi connectivity index (χ4n) is 1.01. The molecule has 0 radical (unpaired) electrons. The van der Waals surface area contributed by atoms with Gasteiger partial charge >= 0.3 is 0 Å². The van der Waals surface area contributed by atoms with E-state index in [0.717, 1.165) is 19.5 Å². The van der Waals surface area contributed by atoms with Gasteiger partial charge in [-0.1, -0.05) is 11.6 Å². The average molecular weight is 139 g/mol. The van der Waals surface area contributed by atoms with Crippen molar-refractivity contribution in [2.45, 2.75) is 13.3 Å². The van der Waals surface area contributed by atoms with Gasteiger partial charge in [-0.15, -0.1) is 0 Å². The molecular weight excluding hydrogens is 126 g/mol. The van der Waals surface area contributed by atoms with Crippen LogP contribution in [0.25, 0.3) is 0 Å². The molecule has 1 aliphatic heterocycles. The molecule has 0 unspecified atom stereocenters. The minimum atomic E-state index is 0.184. The number of nitrogens with zero attached hydrogens (tertiary/aromatic N) is 1. The van der Waals surface area contributed by atoms with Crippen molar-refractivity contribution in [1.82, 2.24) is 4.90 Å². The SMILES string of the molecule is C=C(O)N1CC=C(C)CC1. The first-order chi connectivity index (χ1) is 4.70. The minimum Gasteiger partial charge on any atom is -0.495 e. The van der Waals surface area contributed by atoms with Crippen molar-refractivity contribution in [3.8, 4) is 0 Å². The molecule has 0 saturated heterocycles. The van der Waals surface area contributed by atoms with Crippen LogP contribution in [0.4, 0.5) is 0 Å². The minimum absolute atomic E-state index is 0.184. The van der Waals surface area contributed by atoms with E-state index in [9.17, 15) is 0 Å². The molecule has 1 heterocycles. The molecule has 0 aliphatic carbocycles. The Hall–Kier alpha value is -0.920. The summed E-state index contributed by atoms with van der Waals surface area (Å²) in [6.07, 6.45) is 3.16. The third kappa shape index (κ3) is 1.53. The van der Waals surface area contributed by atoms with E-state index in [2.05, 4.69) is 19.6 Å². The predicted molar refractivity (Wildman–Crippen MR) is 41.7 cm³/mol. The lowest BCUT2D eigenvalue weighted by Gasteiger charge is -2.25. The summed E-state index contributed by atoms with van der Waals surface area (Å²) in [6, 6.07) is 0. The van der Waals surface area contributed by atoms with Gasteiger partial charge in [0.15, 0.2) is 5.88 Å². The highest BCUT2D eigenvalue weighted by molar-refractivity contribution is 5.06. The number of aliphatic hydroxyl groups is 1. The summed E-state index contributed by atoms with van der Waals surface area (Å²) in [6.45, 7) is 7.27. The molecule has 10 heavy (non-hydrogen) atoms. The van der Waals surface area contributed by atoms with E-state index in [1.165, 1.54) is 5.57 Å². The smallest absolute Gasteiger partial charge is 0.179 e. The molecule has 0 saturated carbocycles. The van der Waals surface area contributed by atoms with Crippen LogP contribution >= 0.6 is 0 Å². The Bertz CT molecular complexity index is 172. The van der Waals surface area contributed by atoms with Crippen molar-refractivity contribution < 1.29 is 5.11 Å². The Balaban J connectivity index is 2.50. The van der Waals surface area contributed by atoms with E-state index in [0.29, 0.717) is 0 Å². The molecule has 0 spiro atoms. The van der Waals surface area contributed by atoms with Crippen molar-refractivity contribution in [3.63, 3.8) is 0 Å². The highest BCUT2D eigenvalue weighted by Crippen LogP contribution is 2.11. The van der Waals surface area contributed by atoms with Crippen molar-refractivity contribution >= 4 is 0 Å². The molecule has 1 N–H and O–H groups in total. The Morgan fingerprint density at radius 1 is 1.80 bits per heavy atom. The number of hydrogen-bond acceptors (Lipinski definition) is 2. The molecule has 56 valence electrons. The molecule has 2 nitrogen and oxygen atoms in total. The van der Waals surface area contributed by atoms with Crippen LogP contribution in [0.5, 0.6) is 0 Å². The largest absolute Gasteiger partial charge is 0.495 e. The number of hydrogen-bond donors (Lipinski definition) is 1. The summed E-state index contributed by atoms with van der Waals surface area (Å²) < 4.78 is 0. The summed E-state index contributed by atoms with van der Waals surface area (Å²) in [5.74, 6) is 0.184. The Morgan fingerprint density at radius 2 is 2.50 bits per heavy atom. The maximum absolute atomic E-state index is 8.97. The van der Waals surface area contributed by atoms with Crippen LogP contribution in [0.15, 0.2) is 24.1 Å². The first-order valence-electron chi connectivity index (χ1n) is 3.48. The molecule has 0 amide bonds. The predicted octanol–water partition coefficient (Wildman–Crippen LogP) is 1.67. The van der Waals surface area contributed by atoms with E-state index >= 15 is 0 Å². The fourth-order valence-corrected chi connectivity index (χ4v) is 1.01. The van der Waals surface area contributed by atoms with Gasteiger partial charge < -0.3 is 10.0 Å². The second-order valence-electron chi connectivity index (χ2n) is 2.66. The van der Waals surface area contributed by atoms with Crippen LogP contribution in [0.3, 0.4) is 0 Å². The zero-order chi connectivity index (χ0) is 7.56. The van der Waals surface area contributed by atoms with Crippen LogP contribution in [0.2, 0.25) is 0 Å². The molecule has 0 atom stereocenters. The van der Waals surface area contributed by atoms with E-state index in [4.69, 9.17) is 5.11 Å². The monoisotopic (exact) mass is 139 g/mol. The first-order valence-corrected chi connectivity index (χ1v) is 3.48. The number of rotatable bonds is 1.